The number of hydrogen-bond acceptors (Lipinski definition) is 7. The minimum Gasteiger partial charge on any atom is -0.493 e. The third-order valence-electron chi connectivity index (χ3n) is 5.85. The maximum absolute atomic E-state index is 12.7. The van der Waals surface area contributed by atoms with Crippen molar-refractivity contribution in [3.8, 4) is 23.8 Å². The van der Waals surface area contributed by atoms with Gasteiger partial charge in [-0.3, -0.25) is 19.3 Å². The molecule has 1 amide bonds. The molecule has 0 aliphatic carbocycles. The summed E-state index contributed by atoms with van der Waals surface area (Å²) in [7, 11) is -1.81. The smallest absolute Gasteiger partial charge is 0.274 e. The van der Waals surface area contributed by atoms with E-state index in [1.807, 2.05) is 6.92 Å². The monoisotopic (exact) mass is 471 g/mol. The number of carbonyl (C=O) groups excluding carboxylic acids is 1. The fourth-order valence-electron chi connectivity index (χ4n) is 4.07. The first-order valence-corrected chi connectivity index (χ1v) is 11.7. The van der Waals surface area contributed by atoms with Crippen molar-refractivity contribution in [3.05, 3.63) is 47.8 Å². The maximum Gasteiger partial charge on any atom is 0.274 e. The van der Waals surface area contributed by atoms with E-state index < -0.39 is 27.5 Å². The number of hydrogen-bond donors (Lipinski definition) is 5. The summed E-state index contributed by atoms with van der Waals surface area (Å²) in [5.41, 5.74) is 0.282. The highest BCUT2D eigenvalue weighted by Crippen LogP contribution is 2.59. The number of terminal acetylenes is 1. The number of amides is 1. The molecule has 1 aromatic heterocycles. The molecular weight excluding hydrogens is 446 g/mol. The van der Waals surface area contributed by atoms with Crippen LogP contribution >= 0.6 is 10.8 Å². The number of fused-ring (bicyclic) bond motifs is 3. The van der Waals surface area contributed by atoms with Gasteiger partial charge in [0.25, 0.3) is 5.91 Å². The van der Waals surface area contributed by atoms with Gasteiger partial charge in [-0.1, -0.05) is 5.92 Å². The van der Waals surface area contributed by atoms with Crippen LogP contribution in [0.4, 0.5) is 5.69 Å². The zero-order valence-corrected chi connectivity index (χ0v) is 19.0. The van der Waals surface area contributed by atoms with Crippen molar-refractivity contribution in [3.63, 3.8) is 0 Å². The van der Waals surface area contributed by atoms with Gasteiger partial charge in [-0.15, -0.1) is 17.2 Å². The lowest BCUT2D eigenvalue weighted by Crippen LogP contribution is -2.63. The van der Waals surface area contributed by atoms with Gasteiger partial charge in [-0.2, -0.15) is 0 Å². The summed E-state index contributed by atoms with van der Waals surface area (Å²) in [4.78, 5) is 16.8. The van der Waals surface area contributed by atoms with Crippen LogP contribution in [0.5, 0.6) is 11.5 Å². The molecule has 2 aliphatic rings. The Morgan fingerprint density at radius 2 is 2.27 bits per heavy atom. The summed E-state index contributed by atoms with van der Waals surface area (Å²) >= 11 is 0. The number of guanidine groups is 1. The van der Waals surface area contributed by atoms with Crippen LogP contribution in [0.1, 0.15) is 29.4 Å². The Morgan fingerprint density at radius 3 is 2.97 bits per heavy atom. The van der Waals surface area contributed by atoms with E-state index in [9.17, 15) is 13.9 Å². The first kappa shape index (κ1) is 22.7. The minimum atomic E-state index is -3.28. The van der Waals surface area contributed by atoms with E-state index in [1.165, 1.54) is 23.6 Å². The van der Waals surface area contributed by atoms with Gasteiger partial charge in [0.05, 0.1) is 23.6 Å². The lowest BCUT2D eigenvalue weighted by molar-refractivity contribution is 0.102. The number of anilines is 1. The molecule has 0 bridgehead atoms. The summed E-state index contributed by atoms with van der Waals surface area (Å²) in [5.74, 6) is 2.83. The van der Waals surface area contributed by atoms with Crippen molar-refractivity contribution < 1.29 is 23.4 Å². The molecule has 2 aliphatic heterocycles. The van der Waals surface area contributed by atoms with E-state index in [0.717, 1.165) is 0 Å². The third kappa shape index (κ3) is 4.04. The summed E-state index contributed by atoms with van der Waals surface area (Å²) in [6.07, 6.45) is 6.96. The molecule has 2 aromatic rings. The van der Waals surface area contributed by atoms with Crippen molar-refractivity contribution in [2.75, 3.05) is 25.6 Å². The molecule has 174 valence electrons. The Hall–Kier alpha value is -3.46. The Balaban J connectivity index is 1.62. The van der Waals surface area contributed by atoms with E-state index in [-0.39, 0.29) is 24.9 Å². The van der Waals surface area contributed by atoms with Crippen LogP contribution < -0.4 is 20.1 Å². The number of ether oxygens (including phenoxy) is 2. The van der Waals surface area contributed by atoms with E-state index in [2.05, 4.69) is 21.5 Å². The average Bonchev–Trinajstić information content (AvgIpc) is 2.93. The maximum atomic E-state index is 12.7. The largest absolute Gasteiger partial charge is 0.493 e. The number of carbonyl (C=O) groups is 1. The van der Waals surface area contributed by atoms with Crippen molar-refractivity contribution in [1.82, 2.24) is 14.6 Å². The predicted molar refractivity (Wildman–Crippen MR) is 126 cm³/mol. The van der Waals surface area contributed by atoms with Gasteiger partial charge in [-0.25, -0.2) is 9.29 Å². The van der Waals surface area contributed by atoms with Crippen LogP contribution in [-0.4, -0.2) is 55.8 Å². The van der Waals surface area contributed by atoms with Crippen LogP contribution in [0.3, 0.4) is 0 Å². The molecule has 33 heavy (non-hydrogen) atoms. The summed E-state index contributed by atoms with van der Waals surface area (Å²) in [5, 5.41) is 13.5. The van der Waals surface area contributed by atoms with E-state index in [0.29, 0.717) is 29.2 Å². The van der Waals surface area contributed by atoms with Crippen molar-refractivity contribution in [2.45, 2.75) is 24.1 Å². The highest BCUT2D eigenvalue weighted by Gasteiger charge is 2.53. The second kappa shape index (κ2) is 8.47. The number of benzene rings is 1. The van der Waals surface area contributed by atoms with E-state index in [4.69, 9.17) is 21.3 Å². The van der Waals surface area contributed by atoms with Gasteiger partial charge in [0.1, 0.15) is 23.8 Å². The fraction of sp³-hybridized carbons (Fsp3) is 0.318. The number of aromatic nitrogens is 1. The molecule has 0 spiro atoms. The zero-order valence-electron chi connectivity index (χ0n) is 18.2. The second-order valence-corrected chi connectivity index (χ2v) is 10.1. The Morgan fingerprint density at radius 1 is 1.48 bits per heavy atom. The Labute approximate surface area is 193 Å². The molecule has 3 heterocycles. The topological polar surface area (TPSA) is 140 Å². The average molecular weight is 472 g/mol. The van der Waals surface area contributed by atoms with Crippen molar-refractivity contribution >= 4 is 28.3 Å². The van der Waals surface area contributed by atoms with Gasteiger partial charge in [0.2, 0.25) is 5.96 Å². The number of pyridine rings is 1. The highest BCUT2D eigenvalue weighted by molar-refractivity contribution is 8.23. The third-order valence-corrected chi connectivity index (χ3v) is 8.31. The SMILES string of the molecule is C#CCOc1ccc(C(=O)Nc2ccc3c(c2)[C@@]2(C)NC(=N)N(C)S(O)(O)[C@@H]2CCO3)nc1. The summed E-state index contributed by atoms with van der Waals surface area (Å²) in [6, 6.07) is 8.27. The van der Waals surface area contributed by atoms with Gasteiger partial charge in [0, 0.05) is 24.7 Å². The highest BCUT2D eigenvalue weighted by atomic mass is 32.3. The molecule has 1 aromatic carbocycles. The van der Waals surface area contributed by atoms with Crippen molar-refractivity contribution in [1.29, 1.82) is 5.41 Å². The molecule has 11 heteroatoms. The molecule has 0 unspecified atom stereocenters. The van der Waals surface area contributed by atoms with Crippen LogP contribution in [0.15, 0.2) is 36.5 Å². The van der Waals surface area contributed by atoms with Crippen LogP contribution in [0, 0.1) is 17.8 Å². The van der Waals surface area contributed by atoms with Gasteiger partial charge < -0.3 is 20.1 Å². The summed E-state index contributed by atoms with van der Waals surface area (Å²) in [6.45, 7) is 2.20. The fourth-order valence-corrected chi connectivity index (χ4v) is 6.00. The van der Waals surface area contributed by atoms with Crippen molar-refractivity contribution in [2.24, 2.45) is 0 Å². The molecule has 1 fully saturated rings. The van der Waals surface area contributed by atoms with Crippen LogP contribution in [0.25, 0.3) is 0 Å². The van der Waals surface area contributed by atoms with Gasteiger partial charge >= 0.3 is 0 Å². The van der Waals surface area contributed by atoms with E-state index >= 15 is 0 Å². The molecule has 0 radical (unpaired) electrons. The summed E-state index contributed by atoms with van der Waals surface area (Å²) < 4.78 is 34.1. The number of rotatable bonds is 4. The molecule has 10 nitrogen and oxygen atoms in total. The van der Waals surface area contributed by atoms with E-state index in [1.54, 1.807) is 24.3 Å². The van der Waals surface area contributed by atoms with Crippen LogP contribution in [0.2, 0.25) is 0 Å². The molecule has 0 saturated carbocycles. The normalized spacial score (nSPS) is 24.0. The molecule has 5 N–H and O–H groups in total. The number of nitrogens with zero attached hydrogens (tertiary/aromatic N) is 2. The quantitative estimate of drug-likeness (QED) is 0.429. The van der Waals surface area contributed by atoms with Gasteiger partial charge in [0.15, 0.2) is 0 Å². The first-order chi connectivity index (χ1) is 15.7. The predicted octanol–water partition coefficient (Wildman–Crippen LogP) is 2.85. The second-order valence-electron chi connectivity index (χ2n) is 7.90. The lowest BCUT2D eigenvalue weighted by Gasteiger charge is -2.57. The Bertz CT molecular complexity index is 1130. The van der Waals surface area contributed by atoms with Crippen LogP contribution in [-0.2, 0) is 5.54 Å². The molecular formula is C22H25N5O5S. The first-order valence-electron chi connectivity index (χ1n) is 10.2. The Kier molecular flexibility index (Phi) is 5.84. The number of nitrogens with one attached hydrogen (secondary N) is 3. The standard InChI is InChI=1S/C22H25N5O5S/c1-4-10-31-15-6-7-17(24-13-15)20(28)25-14-5-8-18-16(12-14)22(2)19(9-11-32-18)33(29,30)27(3)21(23)26-22/h1,5-8,12-13,19,29-30H,9-11H2,2-3H3,(H2,23,26)(H,25,28)/t19-,22-/m1/s1. The lowest BCUT2D eigenvalue weighted by atomic mass is 9.86. The zero-order chi connectivity index (χ0) is 23.8. The molecule has 1 saturated heterocycles. The molecule has 2 atom stereocenters. The van der Waals surface area contributed by atoms with Gasteiger partial charge in [-0.05, 0) is 37.3 Å². The minimum absolute atomic E-state index is 0.104. The molecule has 4 rings (SSSR count).